The number of benzene rings is 2. The van der Waals surface area contributed by atoms with E-state index < -0.39 is 46.5 Å². The highest BCUT2D eigenvalue weighted by molar-refractivity contribution is 7.95. The Morgan fingerprint density at radius 1 is 0.853 bits per heavy atom. The first kappa shape index (κ1) is 24.9. The predicted molar refractivity (Wildman–Crippen MR) is 128 cm³/mol. The normalized spacial score (nSPS) is 24.9. The summed E-state index contributed by atoms with van der Waals surface area (Å²) in [6.07, 6.45) is 0. The summed E-state index contributed by atoms with van der Waals surface area (Å²) in [5.41, 5.74) is -1.02. The topological polar surface area (TPSA) is 123 Å². The molecule has 2 aliphatic rings. The SMILES string of the molecule is Cc1c(C(=O)C2(Cl)C(C)(C)c3c(ccc(C(=O)O)c3C)S2(=O)=O)ccc2c1C(C)(C)CS2(=O)=O. The lowest BCUT2D eigenvalue weighted by atomic mass is 9.74. The predicted octanol–water partition coefficient (Wildman–Crippen LogP) is 3.95. The summed E-state index contributed by atoms with van der Waals surface area (Å²) in [5.74, 6) is -2.21. The second kappa shape index (κ2) is 6.92. The van der Waals surface area contributed by atoms with Crippen molar-refractivity contribution in [1.29, 1.82) is 0 Å². The molecule has 7 nitrogen and oxygen atoms in total. The van der Waals surface area contributed by atoms with Crippen molar-refractivity contribution < 1.29 is 31.5 Å². The van der Waals surface area contributed by atoms with Gasteiger partial charge in [-0.25, -0.2) is 21.6 Å². The molecule has 1 atom stereocenters. The maximum absolute atomic E-state index is 14.0. The number of fused-ring (bicyclic) bond motifs is 2. The first-order chi connectivity index (χ1) is 15.3. The molecule has 4 rings (SSSR count). The highest BCUT2D eigenvalue weighted by Crippen LogP contribution is 2.57. The average molecular weight is 525 g/mol. The molecule has 1 N–H and O–H groups in total. The summed E-state index contributed by atoms with van der Waals surface area (Å²) in [6.45, 7) is 9.65. The van der Waals surface area contributed by atoms with Crippen molar-refractivity contribution in [2.45, 2.75) is 66.4 Å². The van der Waals surface area contributed by atoms with Gasteiger partial charge in [0.25, 0.3) is 0 Å². The zero-order valence-electron chi connectivity index (χ0n) is 19.6. The van der Waals surface area contributed by atoms with Crippen LogP contribution in [0, 0.1) is 13.8 Å². The molecule has 2 aromatic carbocycles. The van der Waals surface area contributed by atoms with Crippen molar-refractivity contribution in [3.05, 3.63) is 57.6 Å². The fourth-order valence-corrected chi connectivity index (χ4v) is 10.9. The van der Waals surface area contributed by atoms with E-state index >= 15 is 0 Å². The summed E-state index contributed by atoms with van der Waals surface area (Å²) in [5, 5.41) is 9.53. The molecule has 182 valence electrons. The Labute approximate surface area is 204 Å². The lowest BCUT2D eigenvalue weighted by Gasteiger charge is -2.35. The number of carboxylic acids is 1. The second-order valence-corrected chi connectivity index (χ2v) is 15.0. The number of hydrogen-bond acceptors (Lipinski definition) is 6. The van der Waals surface area contributed by atoms with E-state index in [9.17, 15) is 31.5 Å². The number of aromatic carboxylic acids is 1. The van der Waals surface area contributed by atoms with Crippen LogP contribution >= 0.6 is 11.6 Å². The Hall–Kier alpha value is -2.23. The highest BCUT2D eigenvalue weighted by atomic mass is 35.5. The first-order valence-electron chi connectivity index (χ1n) is 10.6. The minimum absolute atomic E-state index is 0.0273. The number of carboxylic acid groups (broad SMARTS) is 1. The van der Waals surface area contributed by atoms with E-state index in [1.165, 1.54) is 45.0 Å². The molecule has 0 saturated carbocycles. The fourth-order valence-electron chi connectivity index (χ4n) is 5.80. The summed E-state index contributed by atoms with van der Waals surface area (Å²) in [7, 11) is -7.98. The van der Waals surface area contributed by atoms with Crippen LogP contribution in [0.4, 0.5) is 0 Å². The molecule has 0 aliphatic carbocycles. The van der Waals surface area contributed by atoms with E-state index in [0.29, 0.717) is 11.1 Å². The van der Waals surface area contributed by atoms with Crippen molar-refractivity contribution in [3.63, 3.8) is 0 Å². The van der Waals surface area contributed by atoms with Crippen molar-refractivity contribution in [2.24, 2.45) is 0 Å². The zero-order chi connectivity index (χ0) is 25.8. The number of rotatable bonds is 3. The summed E-state index contributed by atoms with van der Waals surface area (Å²) in [4.78, 5) is 25.7. The largest absolute Gasteiger partial charge is 0.478 e. The van der Waals surface area contributed by atoms with E-state index in [-0.39, 0.29) is 37.8 Å². The van der Waals surface area contributed by atoms with Crippen LogP contribution in [0.3, 0.4) is 0 Å². The molecule has 10 heteroatoms. The minimum Gasteiger partial charge on any atom is -0.478 e. The van der Waals surface area contributed by atoms with Gasteiger partial charge in [0, 0.05) is 16.4 Å². The molecule has 0 aromatic heterocycles. The number of sulfone groups is 2. The maximum atomic E-state index is 14.0. The molecule has 2 heterocycles. The van der Waals surface area contributed by atoms with E-state index in [2.05, 4.69) is 0 Å². The molecule has 1 unspecified atom stereocenters. The van der Waals surface area contributed by atoms with Gasteiger partial charge < -0.3 is 5.11 Å². The summed E-state index contributed by atoms with van der Waals surface area (Å²) < 4.78 is 50.3. The van der Waals surface area contributed by atoms with E-state index in [4.69, 9.17) is 11.6 Å². The first-order valence-corrected chi connectivity index (χ1v) is 14.1. The van der Waals surface area contributed by atoms with Crippen LogP contribution in [0.1, 0.15) is 70.7 Å². The number of Topliss-reactive ketones (excluding diaryl/α,β-unsaturated/α-hetero) is 1. The van der Waals surface area contributed by atoms with Gasteiger partial charge in [0.15, 0.2) is 9.84 Å². The van der Waals surface area contributed by atoms with Gasteiger partial charge in [0.2, 0.25) is 19.8 Å². The molecule has 0 spiro atoms. The number of alkyl halides is 1. The van der Waals surface area contributed by atoms with Crippen LogP contribution in [0.25, 0.3) is 0 Å². The van der Waals surface area contributed by atoms with E-state index in [0.717, 1.165) is 0 Å². The molecule has 0 radical (unpaired) electrons. The smallest absolute Gasteiger partial charge is 0.335 e. The molecule has 2 aromatic rings. The van der Waals surface area contributed by atoms with Gasteiger partial charge >= 0.3 is 5.97 Å². The van der Waals surface area contributed by atoms with Crippen LogP contribution in [0.5, 0.6) is 0 Å². The van der Waals surface area contributed by atoms with E-state index in [1.807, 2.05) is 0 Å². The molecular weight excluding hydrogens is 500 g/mol. The van der Waals surface area contributed by atoms with Crippen LogP contribution < -0.4 is 0 Å². The Bertz CT molecular complexity index is 1530. The Kier molecular flexibility index (Phi) is 5.06. The van der Waals surface area contributed by atoms with Crippen molar-refractivity contribution in [2.75, 3.05) is 5.75 Å². The highest BCUT2D eigenvalue weighted by Gasteiger charge is 2.67. The van der Waals surface area contributed by atoms with Gasteiger partial charge in [0.1, 0.15) is 0 Å². The zero-order valence-corrected chi connectivity index (χ0v) is 22.0. The van der Waals surface area contributed by atoms with Crippen LogP contribution in [-0.4, -0.2) is 43.7 Å². The minimum atomic E-state index is -4.44. The molecular formula is C24H25ClO7S2. The fraction of sp³-hybridized carbons (Fsp3) is 0.417. The Morgan fingerprint density at radius 2 is 1.35 bits per heavy atom. The van der Waals surface area contributed by atoms with Gasteiger partial charge in [-0.2, -0.15) is 0 Å². The third-order valence-electron chi connectivity index (χ3n) is 7.27. The number of hydrogen-bond donors (Lipinski definition) is 1. The quantitative estimate of drug-likeness (QED) is 0.476. The van der Waals surface area contributed by atoms with Crippen molar-refractivity contribution in [3.8, 4) is 0 Å². The monoisotopic (exact) mass is 524 g/mol. The third kappa shape index (κ3) is 2.80. The van der Waals surface area contributed by atoms with E-state index in [1.54, 1.807) is 20.8 Å². The second-order valence-electron chi connectivity index (χ2n) is 10.2. The van der Waals surface area contributed by atoms with Gasteiger partial charge in [-0.15, -0.1) is 0 Å². The van der Waals surface area contributed by atoms with Crippen LogP contribution in [-0.2, 0) is 30.5 Å². The van der Waals surface area contributed by atoms with Gasteiger partial charge in [-0.3, -0.25) is 4.79 Å². The molecule has 0 fully saturated rings. The maximum Gasteiger partial charge on any atom is 0.335 e. The Morgan fingerprint density at radius 3 is 1.91 bits per heavy atom. The van der Waals surface area contributed by atoms with Gasteiger partial charge in [-0.05, 0) is 60.4 Å². The number of carbonyl (C=O) groups is 2. The summed E-state index contributed by atoms with van der Waals surface area (Å²) >= 11 is 6.86. The lowest BCUT2D eigenvalue weighted by Crippen LogP contribution is -2.50. The molecule has 0 saturated heterocycles. The van der Waals surface area contributed by atoms with Crippen LogP contribution in [0.2, 0.25) is 0 Å². The molecule has 34 heavy (non-hydrogen) atoms. The van der Waals surface area contributed by atoms with Crippen molar-refractivity contribution >= 4 is 43.0 Å². The third-order valence-corrected chi connectivity index (χ3v) is 13.0. The number of halogens is 1. The lowest BCUT2D eigenvalue weighted by molar-refractivity contribution is 0.0695. The molecule has 2 aliphatic heterocycles. The number of ketones is 1. The molecule has 0 bridgehead atoms. The molecule has 0 amide bonds. The van der Waals surface area contributed by atoms with Crippen LogP contribution in [0.15, 0.2) is 34.1 Å². The summed E-state index contributed by atoms with van der Waals surface area (Å²) in [6, 6.07) is 5.05. The van der Waals surface area contributed by atoms with Gasteiger partial charge in [-0.1, -0.05) is 39.3 Å². The standard InChI is InChI=1S/C24H25ClO7S2/c1-12-14(7-9-16-18(12)22(3,4)11-33(16,29)30)20(26)24(25)23(5,6)19-13(2)15(21(27)28)8-10-17(19)34(24,31)32/h7-10H,11H2,1-6H3,(H,27,28). The number of carbonyl (C=O) groups excluding carboxylic acids is 1. The van der Waals surface area contributed by atoms with Gasteiger partial charge in [0.05, 0.1) is 21.1 Å². The average Bonchev–Trinajstić information content (AvgIpc) is 2.96. The Balaban J connectivity index is 2.00. The van der Waals surface area contributed by atoms with Crippen molar-refractivity contribution in [1.82, 2.24) is 0 Å².